The van der Waals surface area contributed by atoms with E-state index in [0.717, 1.165) is 33.8 Å². The number of aromatic nitrogens is 3. The van der Waals surface area contributed by atoms with Crippen LogP contribution < -0.4 is 0 Å². The summed E-state index contributed by atoms with van der Waals surface area (Å²) in [5.41, 5.74) is 5.82. The SMILES string of the molecule is CCc1ccc(-c2cc3[nH]cncc3c3ccnc23)cc1. The molecule has 4 rings (SSSR count). The van der Waals surface area contributed by atoms with Gasteiger partial charge in [0, 0.05) is 34.2 Å². The van der Waals surface area contributed by atoms with E-state index in [-0.39, 0.29) is 0 Å². The number of aromatic amines is 1. The van der Waals surface area contributed by atoms with E-state index in [2.05, 4.69) is 58.3 Å². The molecule has 0 saturated heterocycles. The number of fused-ring (bicyclic) bond motifs is 3. The van der Waals surface area contributed by atoms with Gasteiger partial charge < -0.3 is 4.98 Å². The van der Waals surface area contributed by atoms with Crippen LogP contribution in [0, 0.1) is 0 Å². The van der Waals surface area contributed by atoms with Crippen LogP contribution in [0.15, 0.2) is 55.1 Å². The van der Waals surface area contributed by atoms with E-state index < -0.39 is 0 Å². The topological polar surface area (TPSA) is 41.6 Å². The Balaban J connectivity index is 2.03. The van der Waals surface area contributed by atoms with Gasteiger partial charge >= 0.3 is 0 Å². The van der Waals surface area contributed by atoms with E-state index in [1.165, 1.54) is 11.1 Å². The minimum absolute atomic E-state index is 1.04. The van der Waals surface area contributed by atoms with Gasteiger partial charge in [-0.15, -0.1) is 0 Å². The lowest BCUT2D eigenvalue weighted by molar-refractivity contribution is 1.14. The Labute approximate surface area is 122 Å². The zero-order chi connectivity index (χ0) is 14.2. The first-order chi connectivity index (χ1) is 10.4. The number of hydrogen-bond donors (Lipinski definition) is 1. The van der Waals surface area contributed by atoms with Crippen LogP contribution in [-0.2, 0) is 6.42 Å². The summed E-state index contributed by atoms with van der Waals surface area (Å²) in [6.07, 6.45) is 6.52. The second kappa shape index (κ2) is 4.70. The maximum absolute atomic E-state index is 4.55. The fraction of sp³-hybridized carbons (Fsp3) is 0.111. The average Bonchev–Trinajstić information content (AvgIpc) is 3.04. The van der Waals surface area contributed by atoms with Crippen molar-refractivity contribution in [2.45, 2.75) is 13.3 Å². The number of H-pyrrole nitrogens is 1. The molecule has 0 aliphatic heterocycles. The van der Waals surface area contributed by atoms with Crippen molar-refractivity contribution >= 4 is 21.8 Å². The van der Waals surface area contributed by atoms with Gasteiger partial charge in [0.2, 0.25) is 0 Å². The fourth-order valence-corrected chi connectivity index (χ4v) is 2.82. The molecule has 0 amide bonds. The largest absolute Gasteiger partial charge is 0.346 e. The summed E-state index contributed by atoms with van der Waals surface area (Å²) in [6, 6.07) is 12.9. The highest BCUT2D eigenvalue weighted by Gasteiger charge is 2.10. The zero-order valence-corrected chi connectivity index (χ0v) is 11.8. The molecule has 3 nitrogen and oxygen atoms in total. The summed E-state index contributed by atoms with van der Waals surface area (Å²) in [6.45, 7) is 2.17. The molecule has 1 N–H and O–H groups in total. The first-order valence-corrected chi connectivity index (χ1v) is 7.16. The van der Waals surface area contributed by atoms with Crippen molar-refractivity contribution < 1.29 is 0 Å². The smallest absolute Gasteiger partial charge is 0.0923 e. The number of aryl methyl sites for hydroxylation is 1. The van der Waals surface area contributed by atoms with E-state index in [9.17, 15) is 0 Å². The van der Waals surface area contributed by atoms with Crippen LogP contribution in [0.25, 0.3) is 32.9 Å². The Morgan fingerprint density at radius 2 is 1.90 bits per heavy atom. The molecule has 2 aromatic carbocycles. The minimum Gasteiger partial charge on any atom is -0.346 e. The molecule has 0 atom stereocenters. The molecule has 0 bridgehead atoms. The molecule has 102 valence electrons. The first kappa shape index (κ1) is 12.1. The highest BCUT2D eigenvalue weighted by atomic mass is 14.8. The molecule has 0 radical (unpaired) electrons. The summed E-state index contributed by atoms with van der Waals surface area (Å²) >= 11 is 0. The van der Waals surface area contributed by atoms with Gasteiger partial charge in [-0.2, -0.15) is 0 Å². The van der Waals surface area contributed by atoms with Crippen molar-refractivity contribution in [2.75, 3.05) is 0 Å². The van der Waals surface area contributed by atoms with Crippen molar-refractivity contribution in [1.82, 2.24) is 15.0 Å². The Morgan fingerprint density at radius 1 is 1.05 bits per heavy atom. The Morgan fingerprint density at radius 3 is 2.71 bits per heavy atom. The van der Waals surface area contributed by atoms with Crippen LogP contribution in [0.5, 0.6) is 0 Å². The third-order valence-electron chi connectivity index (χ3n) is 4.00. The molecule has 0 unspecified atom stereocenters. The summed E-state index contributed by atoms with van der Waals surface area (Å²) in [5.74, 6) is 0. The lowest BCUT2D eigenvalue weighted by Crippen LogP contribution is -1.87. The summed E-state index contributed by atoms with van der Waals surface area (Å²) in [4.78, 5) is 12.0. The van der Waals surface area contributed by atoms with Crippen LogP contribution in [-0.4, -0.2) is 15.0 Å². The van der Waals surface area contributed by atoms with E-state index in [1.54, 1.807) is 6.33 Å². The Hall–Kier alpha value is -2.68. The second-order valence-corrected chi connectivity index (χ2v) is 5.19. The molecule has 2 heterocycles. The van der Waals surface area contributed by atoms with E-state index in [0.29, 0.717) is 0 Å². The minimum atomic E-state index is 1.04. The van der Waals surface area contributed by atoms with Crippen molar-refractivity contribution in [2.24, 2.45) is 0 Å². The normalized spacial score (nSPS) is 11.3. The predicted molar refractivity (Wildman–Crippen MR) is 86.2 cm³/mol. The van der Waals surface area contributed by atoms with Gasteiger partial charge in [0.1, 0.15) is 0 Å². The van der Waals surface area contributed by atoms with Crippen LogP contribution >= 0.6 is 0 Å². The zero-order valence-electron chi connectivity index (χ0n) is 11.8. The van der Waals surface area contributed by atoms with Crippen LogP contribution in [0.3, 0.4) is 0 Å². The van der Waals surface area contributed by atoms with Gasteiger partial charge in [0.05, 0.1) is 11.8 Å². The third-order valence-corrected chi connectivity index (χ3v) is 4.00. The van der Waals surface area contributed by atoms with E-state index >= 15 is 0 Å². The van der Waals surface area contributed by atoms with Crippen molar-refractivity contribution in [3.05, 3.63) is 60.7 Å². The predicted octanol–water partition coefficient (Wildman–Crippen LogP) is 4.34. The summed E-state index contributed by atoms with van der Waals surface area (Å²) in [7, 11) is 0. The maximum atomic E-state index is 4.55. The number of rotatable bonds is 2. The van der Waals surface area contributed by atoms with E-state index in [1.807, 2.05) is 12.4 Å². The molecule has 4 aromatic rings. The summed E-state index contributed by atoms with van der Waals surface area (Å²) < 4.78 is 0. The maximum Gasteiger partial charge on any atom is 0.0923 e. The number of hydrogen-bond acceptors (Lipinski definition) is 2. The third kappa shape index (κ3) is 1.89. The van der Waals surface area contributed by atoms with Crippen LogP contribution in [0.1, 0.15) is 12.5 Å². The second-order valence-electron chi connectivity index (χ2n) is 5.19. The lowest BCUT2D eigenvalue weighted by Gasteiger charge is -2.07. The van der Waals surface area contributed by atoms with Crippen molar-refractivity contribution in [1.29, 1.82) is 0 Å². The van der Waals surface area contributed by atoms with Crippen molar-refractivity contribution in [3.8, 4) is 11.1 Å². The summed E-state index contributed by atoms with van der Waals surface area (Å²) in [5, 5.41) is 2.25. The van der Waals surface area contributed by atoms with Gasteiger partial charge in [-0.1, -0.05) is 31.2 Å². The lowest BCUT2D eigenvalue weighted by atomic mass is 9.99. The standard InChI is InChI=1S/C18H15N3/c1-2-12-3-5-13(6-4-12)15-9-17-16(10-19-11-21-17)14-7-8-20-18(14)15/h3-11H,2H2,1H3,(H,19,21). The van der Waals surface area contributed by atoms with Crippen LogP contribution in [0.4, 0.5) is 0 Å². The number of benzene rings is 2. The monoisotopic (exact) mass is 273 g/mol. The molecular formula is C18H15N3. The molecule has 0 fully saturated rings. The molecule has 0 saturated carbocycles. The number of nitrogens with one attached hydrogen (secondary N) is 1. The molecular weight excluding hydrogens is 258 g/mol. The first-order valence-electron chi connectivity index (χ1n) is 7.16. The van der Waals surface area contributed by atoms with Gasteiger partial charge in [-0.25, -0.2) is 4.98 Å². The quantitative estimate of drug-likeness (QED) is 0.590. The van der Waals surface area contributed by atoms with Gasteiger partial charge in [-0.05, 0) is 29.7 Å². The Bertz CT molecular complexity index is 920. The van der Waals surface area contributed by atoms with Gasteiger partial charge in [0.15, 0.2) is 0 Å². The van der Waals surface area contributed by atoms with Gasteiger partial charge in [-0.3, -0.25) is 4.98 Å². The molecule has 21 heavy (non-hydrogen) atoms. The van der Waals surface area contributed by atoms with E-state index in [4.69, 9.17) is 0 Å². The molecule has 2 aromatic heterocycles. The number of nitrogens with zero attached hydrogens (tertiary/aromatic N) is 2. The average molecular weight is 273 g/mol. The van der Waals surface area contributed by atoms with Gasteiger partial charge in [0.25, 0.3) is 0 Å². The molecule has 0 aliphatic carbocycles. The Kier molecular flexibility index (Phi) is 2.71. The van der Waals surface area contributed by atoms with Crippen LogP contribution in [0.2, 0.25) is 0 Å². The van der Waals surface area contributed by atoms with Crippen molar-refractivity contribution in [3.63, 3.8) is 0 Å². The highest BCUT2D eigenvalue weighted by Crippen LogP contribution is 2.33. The fourth-order valence-electron chi connectivity index (χ4n) is 2.82. The highest BCUT2D eigenvalue weighted by molar-refractivity contribution is 6.11. The molecule has 3 heteroatoms. The molecule has 0 spiro atoms. The molecule has 0 aliphatic rings.